The Kier molecular flexibility index (Phi) is 11.0. The maximum absolute atomic E-state index is 13.7. The Labute approximate surface area is 332 Å². The van der Waals surface area contributed by atoms with E-state index in [0.717, 1.165) is 27.7 Å². The number of oxazole rings is 1. The molecule has 0 saturated heterocycles. The number of imidazole rings is 1. The van der Waals surface area contributed by atoms with Gasteiger partial charge in [-0.05, 0) is 71.5 Å². The molecule has 7 aromatic rings. The van der Waals surface area contributed by atoms with E-state index in [1.54, 1.807) is 35.9 Å². The van der Waals surface area contributed by atoms with Gasteiger partial charge in [0.1, 0.15) is 28.3 Å². The molecule has 0 spiro atoms. The summed E-state index contributed by atoms with van der Waals surface area (Å²) in [5, 5.41) is 12.0. The number of carbonyl (C=O) groups excluding carboxylic acids is 3. The molecule has 0 fully saturated rings. The number of primary amides is 2. The zero-order valence-corrected chi connectivity index (χ0v) is 33.2. The second-order valence-electron chi connectivity index (χ2n) is 13.7. The SMILES string of the molecule is CCc1nc(C)oc1C(=O)Nc1nc2cc(C(N)=O)cc(OCCCNC)c2n1C/C=C/Cn1c2nc(-c3cc(C)nn3CC)ncc2c2cc(C(N)=O)nc(C)c21. The fourth-order valence-electron chi connectivity index (χ4n) is 7.07. The molecule has 0 radical (unpaired) electrons. The van der Waals surface area contributed by atoms with Crippen LogP contribution in [0.4, 0.5) is 5.95 Å². The van der Waals surface area contributed by atoms with Crippen molar-refractivity contribution in [2.75, 3.05) is 25.5 Å². The van der Waals surface area contributed by atoms with Gasteiger partial charge >= 0.3 is 0 Å². The lowest BCUT2D eigenvalue weighted by atomic mass is 10.1. The van der Waals surface area contributed by atoms with Crippen LogP contribution in [0.1, 0.15) is 74.6 Å². The third-order valence-corrected chi connectivity index (χ3v) is 9.67. The van der Waals surface area contributed by atoms with Gasteiger partial charge in [0.2, 0.25) is 17.6 Å². The maximum Gasteiger partial charge on any atom is 0.295 e. The van der Waals surface area contributed by atoms with Gasteiger partial charge in [-0.25, -0.2) is 24.9 Å². The summed E-state index contributed by atoms with van der Waals surface area (Å²) in [6, 6.07) is 6.77. The summed E-state index contributed by atoms with van der Waals surface area (Å²) in [7, 11) is 1.85. The molecule has 58 heavy (non-hydrogen) atoms. The number of amides is 3. The quantitative estimate of drug-likeness (QED) is 0.0788. The van der Waals surface area contributed by atoms with Gasteiger partial charge in [-0.3, -0.25) is 24.4 Å². The van der Waals surface area contributed by atoms with E-state index in [0.29, 0.717) is 84.6 Å². The van der Waals surface area contributed by atoms with Crippen LogP contribution in [-0.2, 0) is 26.1 Å². The number of hydrogen-bond donors (Lipinski definition) is 4. The largest absolute Gasteiger partial charge is 0.491 e. The third kappa shape index (κ3) is 7.48. The minimum Gasteiger partial charge on any atom is -0.491 e. The number of aromatic nitrogens is 9. The van der Waals surface area contributed by atoms with Crippen LogP contribution in [0, 0.1) is 20.8 Å². The summed E-state index contributed by atoms with van der Waals surface area (Å²) >= 11 is 0. The van der Waals surface area contributed by atoms with Crippen LogP contribution in [0.2, 0.25) is 0 Å². The predicted octanol–water partition coefficient (Wildman–Crippen LogP) is 4.38. The summed E-state index contributed by atoms with van der Waals surface area (Å²) < 4.78 is 17.6. The highest BCUT2D eigenvalue weighted by molar-refractivity contribution is 6.09. The minimum atomic E-state index is -0.646. The van der Waals surface area contributed by atoms with Crippen molar-refractivity contribution in [3.63, 3.8) is 0 Å². The summed E-state index contributed by atoms with van der Waals surface area (Å²) in [5.41, 5.74) is 16.8. The predicted molar refractivity (Wildman–Crippen MR) is 218 cm³/mol. The van der Waals surface area contributed by atoms with Crippen LogP contribution in [0.15, 0.2) is 47.0 Å². The average molecular weight is 788 g/mol. The highest BCUT2D eigenvalue weighted by Gasteiger charge is 2.24. The molecule has 6 heterocycles. The van der Waals surface area contributed by atoms with E-state index in [2.05, 4.69) is 25.7 Å². The van der Waals surface area contributed by atoms with Crippen molar-refractivity contribution in [1.82, 2.24) is 49.2 Å². The Morgan fingerprint density at radius 3 is 2.40 bits per heavy atom. The normalized spacial score (nSPS) is 11.8. The van der Waals surface area contributed by atoms with Gasteiger partial charge < -0.3 is 35.1 Å². The number of pyridine rings is 1. The number of rotatable bonds is 16. The Hall–Kier alpha value is -6.95. The van der Waals surface area contributed by atoms with E-state index in [4.69, 9.17) is 35.6 Å². The fourth-order valence-corrected chi connectivity index (χ4v) is 7.07. The lowest BCUT2D eigenvalue weighted by molar-refractivity contribution is 0.0986. The molecule has 18 nitrogen and oxygen atoms in total. The molecular weight excluding hydrogens is 743 g/mol. The molecule has 18 heteroatoms. The van der Waals surface area contributed by atoms with Gasteiger partial charge in [0.05, 0.1) is 34.7 Å². The summed E-state index contributed by atoms with van der Waals surface area (Å²) in [6.07, 6.45) is 6.82. The standard InChI is InChI=1S/C40H45N13O5/c1-7-27-34(58-23(5)46-27)39(56)49-40-47-28-17-24(35(41)54)18-31(57-15-11-12-43-6)33(28)52(40)14-10-9-13-51-32-22(4)45-29(36(42)55)19-25(32)26-20-44-37(48-38(26)51)30-16-21(3)50-53(30)8-2/h9-10,16-20,43H,7-8,11-15H2,1-6H3,(H2,41,54)(H2,42,55)(H,47,49,56)/b10-9+. The molecule has 6 N–H and O–H groups in total. The Balaban J connectivity index is 1.32. The number of nitrogens with two attached hydrogens (primary N) is 2. The number of carbonyl (C=O) groups is 3. The van der Waals surface area contributed by atoms with Crippen molar-refractivity contribution in [3.05, 3.63) is 82.6 Å². The topological polar surface area (TPSA) is 242 Å². The number of anilines is 1. The molecule has 3 amide bonds. The molecule has 0 atom stereocenters. The number of aryl methyl sites for hydroxylation is 5. The summed E-state index contributed by atoms with van der Waals surface area (Å²) in [6.45, 7) is 11.6. The summed E-state index contributed by atoms with van der Waals surface area (Å²) in [5.74, 6) is -0.281. The lowest BCUT2D eigenvalue weighted by Crippen LogP contribution is -2.17. The number of benzene rings is 1. The molecule has 7 rings (SSSR count). The van der Waals surface area contributed by atoms with Crippen LogP contribution in [-0.4, -0.2) is 81.8 Å². The number of nitrogens with one attached hydrogen (secondary N) is 2. The van der Waals surface area contributed by atoms with Crippen molar-refractivity contribution in [2.45, 2.75) is 67.1 Å². The maximum atomic E-state index is 13.7. The Morgan fingerprint density at radius 1 is 0.914 bits per heavy atom. The smallest absolute Gasteiger partial charge is 0.295 e. The number of nitrogens with zero attached hydrogens (tertiary/aromatic N) is 9. The molecular formula is C40H45N13O5. The molecule has 6 aromatic heterocycles. The third-order valence-electron chi connectivity index (χ3n) is 9.67. The zero-order chi connectivity index (χ0) is 41.2. The second-order valence-corrected chi connectivity index (χ2v) is 13.7. The molecule has 0 aliphatic carbocycles. The Bertz CT molecular complexity index is 2750. The highest BCUT2D eigenvalue weighted by Crippen LogP contribution is 2.33. The van der Waals surface area contributed by atoms with E-state index in [-0.39, 0.29) is 29.5 Å². The van der Waals surface area contributed by atoms with E-state index < -0.39 is 17.7 Å². The van der Waals surface area contributed by atoms with Crippen molar-refractivity contribution >= 4 is 56.6 Å². The van der Waals surface area contributed by atoms with Gasteiger partial charge in [0, 0.05) is 49.1 Å². The van der Waals surface area contributed by atoms with E-state index in [1.165, 1.54) is 0 Å². The average Bonchev–Trinajstić information content (AvgIpc) is 3.96. The fraction of sp³-hybridized carbons (Fsp3) is 0.325. The number of hydrogen-bond acceptors (Lipinski definition) is 12. The van der Waals surface area contributed by atoms with Crippen LogP contribution < -0.4 is 26.8 Å². The first-order valence-electron chi connectivity index (χ1n) is 19.0. The minimum absolute atomic E-state index is 0.0869. The van der Waals surface area contributed by atoms with Gasteiger partial charge in [-0.2, -0.15) is 5.10 Å². The van der Waals surface area contributed by atoms with E-state index in [9.17, 15) is 14.4 Å². The molecule has 0 bridgehead atoms. The Morgan fingerprint density at radius 2 is 1.69 bits per heavy atom. The number of ether oxygens (including phenoxy) is 1. The first-order chi connectivity index (χ1) is 27.9. The van der Waals surface area contributed by atoms with Crippen molar-refractivity contribution < 1.29 is 23.5 Å². The second kappa shape index (κ2) is 16.3. The summed E-state index contributed by atoms with van der Waals surface area (Å²) in [4.78, 5) is 61.7. The number of allylic oxidation sites excluding steroid dienone is 2. The highest BCUT2D eigenvalue weighted by atomic mass is 16.5. The van der Waals surface area contributed by atoms with Crippen molar-refractivity contribution in [2.24, 2.45) is 11.5 Å². The molecule has 0 unspecified atom stereocenters. The first-order valence-corrected chi connectivity index (χ1v) is 19.0. The van der Waals surface area contributed by atoms with E-state index in [1.807, 2.05) is 62.2 Å². The van der Waals surface area contributed by atoms with Gasteiger partial charge in [0.25, 0.3) is 11.8 Å². The van der Waals surface area contributed by atoms with E-state index >= 15 is 0 Å². The van der Waals surface area contributed by atoms with Crippen molar-refractivity contribution in [1.29, 1.82) is 0 Å². The van der Waals surface area contributed by atoms with Gasteiger partial charge in [-0.1, -0.05) is 19.1 Å². The molecule has 1 aromatic carbocycles. The van der Waals surface area contributed by atoms with Crippen LogP contribution in [0.5, 0.6) is 5.75 Å². The van der Waals surface area contributed by atoms with Gasteiger partial charge in [0.15, 0.2) is 11.7 Å². The zero-order valence-electron chi connectivity index (χ0n) is 33.2. The van der Waals surface area contributed by atoms with Crippen molar-refractivity contribution in [3.8, 4) is 17.3 Å². The van der Waals surface area contributed by atoms with Crippen LogP contribution in [0.25, 0.3) is 44.5 Å². The molecule has 0 aliphatic heterocycles. The molecule has 300 valence electrons. The first kappa shape index (κ1) is 39.3. The monoisotopic (exact) mass is 787 g/mol. The van der Waals surface area contributed by atoms with Gasteiger partial charge in [-0.15, -0.1) is 0 Å². The molecule has 0 aliphatic rings. The number of fused-ring (bicyclic) bond motifs is 4. The lowest BCUT2D eigenvalue weighted by Gasteiger charge is -2.13. The van der Waals surface area contributed by atoms with Crippen LogP contribution in [0.3, 0.4) is 0 Å². The van der Waals surface area contributed by atoms with Crippen LogP contribution >= 0.6 is 0 Å². The molecule has 0 saturated carbocycles.